The number of hydrogen-bond acceptors (Lipinski definition) is 5. The molecule has 1 aromatic heterocycles. The summed E-state index contributed by atoms with van der Waals surface area (Å²) in [6.45, 7) is 1.53. The second-order valence-corrected chi connectivity index (χ2v) is 4.56. The van der Waals surface area contributed by atoms with E-state index in [0.717, 1.165) is 0 Å². The minimum atomic E-state index is -0.481. The Balaban J connectivity index is 2.59. The van der Waals surface area contributed by atoms with Gasteiger partial charge in [0.15, 0.2) is 5.12 Å². The number of thioether (sulfide) groups is 1. The molecule has 0 radical (unpaired) electrons. The molecule has 18 heavy (non-hydrogen) atoms. The van der Waals surface area contributed by atoms with E-state index in [1.54, 1.807) is 18.2 Å². The second kappa shape index (κ2) is 7.51. The van der Waals surface area contributed by atoms with Crippen LogP contribution >= 0.6 is 11.8 Å². The van der Waals surface area contributed by atoms with Gasteiger partial charge in [-0.1, -0.05) is 23.7 Å². The SMILES string of the molecule is COC(=O)c1cccc(C#CCCSC(C)=O)n1. The zero-order chi connectivity index (χ0) is 13.4. The summed E-state index contributed by atoms with van der Waals surface area (Å²) in [7, 11) is 1.31. The Morgan fingerprint density at radius 3 is 2.89 bits per heavy atom. The minimum absolute atomic E-state index is 0.0858. The molecule has 5 heteroatoms. The van der Waals surface area contributed by atoms with Crippen molar-refractivity contribution < 1.29 is 14.3 Å². The number of carbonyl (C=O) groups excluding carboxylic acids is 2. The van der Waals surface area contributed by atoms with Crippen molar-refractivity contribution in [2.75, 3.05) is 12.9 Å². The first-order valence-electron chi connectivity index (χ1n) is 5.31. The van der Waals surface area contributed by atoms with Crippen molar-refractivity contribution in [3.8, 4) is 11.8 Å². The molecule has 0 amide bonds. The summed E-state index contributed by atoms with van der Waals surface area (Å²) in [5.74, 6) is 5.93. The largest absolute Gasteiger partial charge is 0.464 e. The van der Waals surface area contributed by atoms with Gasteiger partial charge in [-0.05, 0) is 18.1 Å². The number of carbonyl (C=O) groups is 2. The molecule has 1 rings (SSSR count). The molecule has 0 N–H and O–H groups in total. The number of pyridine rings is 1. The molecule has 0 spiro atoms. The quantitative estimate of drug-likeness (QED) is 0.473. The maximum atomic E-state index is 11.2. The van der Waals surface area contributed by atoms with Crippen molar-refractivity contribution in [1.82, 2.24) is 4.98 Å². The first kappa shape index (κ1) is 14.3. The number of esters is 1. The topological polar surface area (TPSA) is 56.3 Å². The summed E-state index contributed by atoms with van der Waals surface area (Å²) in [6.07, 6.45) is 0.606. The van der Waals surface area contributed by atoms with E-state index in [2.05, 4.69) is 21.6 Å². The van der Waals surface area contributed by atoms with Crippen molar-refractivity contribution in [1.29, 1.82) is 0 Å². The third kappa shape index (κ3) is 5.02. The molecule has 0 unspecified atom stereocenters. The predicted molar refractivity (Wildman–Crippen MR) is 70.2 cm³/mol. The smallest absolute Gasteiger partial charge is 0.356 e. The average molecular weight is 263 g/mol. The first-order chi connectivity index (χ1) is 8.63. The van der Waals surface area contributed by atoms with E-state index in [1.807, 2.05) is 0 Å². The fourth-order valence-corrected chi connectivity index (χ4v) is 1.61. The lowest BCUT2D eigenvalue weighted by Crippen LogP contribution is -2.04. The molecular weight excluding hydrogens is 250 g/mol. The van der Waals surface area contributed by atoms with Crippen LogP contribution in [0.4, 0.5) is 0 Å². The lowest BCUT2D eigenvalue weighted by Gasteiger charge is -1.97. The molecule has 0 saturated carbocycles. The molecule has 4 nitrogen and oxygen atoms in total. The van der Waals surface area contributed by atoms with Crippen LogP contribution in [0.5, 0.6) is 0 Å². The van der Waals surface area contributed by atoms with Gasteiger partial charge in [0.25, 0.3) is 0 Å². The molecule has 0 saturated heterocycles. The van der Waals surface area contributed by atoms with Crippen LogP contribution in [0, 0.1) is 11.8 Å². The van der Waals surface area contributed by atoms with E-state index in [9.17, 15) is 9.59 Å². The van der Waals surface area contributed by atoms with E-state index in [4.69, 9.17) is 0 Å². The molecule has 0 aliphatic carbocycles. The molecule has 0 aliphatic heterocycles. The van der Waals surface area contributed by atoms with E-state index < -0.39 is 5.97 Å². The molecule has 1 aromatic rings. The van der Waals surface area contributed by atoms with Gasteiger partial charge in [0.1, 0.15) is 11.4 Å². The van der Waals surface area contributed by atoms with E-state index in [-0.39, 0.29) is 10.8 Å². The van der Waals surface area contributed by atoms with Crippen molar-refractivity contribution in [3.63, 3.8) is 0 Å². The van der Waals surface area contributed by atoms with Crippen LogP contribution in [0.25, 0.3) is 0 Å². The fourth-order valence-electron chi connectivity index (χ4n) is 1.12. The summed E-state index contributed by atoms with van der Waals surface area (Å²) in [4.78, 5) is 26.0. The summed E-state index contributed by atoms with van der Waals surface area (Å²) in [6, 6.07) is 4.99. The van der Waals surface area contributed by atoms with Gasteiger partial charge in [-0.2, -0.15) is 0 Å². The summed E-state index contributed by atoms with van der Waals surface area (Å²) >= 11 is 1.24. The molecule has 0 bridgehead atoms. The third-order valence-electron chi connectivity index (χ3n) is 1.89. The molecule has 0 aromatic carbocycles. The second-order valence-electron chi connectivity index (χ2n) is 3.29. The highest BCUT2D eigenvalue weighted by atomic mass is 32.2. The monoisotopic (exact) mass is 263 g/mol. The lowest BCUT2D eigenvalue weighted by molar-refractivity contribution is -0.109. The molecule has 0 fully saturated rings. The van der Waals surface area contributed by atoms with Gasteiger partial charge < -0.3 is 4.74 Å². The van der Waals surface area contributed by atoms with Gasteiger partial charge in [-0.3, -0.25) is 4.79 Å². The van der Waals surface area contributed by atoms with Gasteiger partial charge in [-0.15, -0.1) is 0 Å². The van der Waals surface area contributed by atoms with Gasteiger partial charge in [0.2, 0.25) is 0 Å². The number of aromatic nitrogens is 1. The van der Waals surface area contributed by atoms with Crippen LogP contribution in [0.3, 0.4) is 0 Å². The van der Waals surface area contributed by atoms with Gasteiger partial charge in [-0.25, -0.2) is 9.78 Å². The molecular formula is C13H13NO3S. The normalized spacial score (nSPS) is 9.22. The Kier molecular flexibility index (Phi) is 5.95. The average Bonchev–Trinajstić information content (AvgIpc) is 2.37. The van der Waals surface area contributed by atoms with Crippen molar-refractivity contribution in [2.45, 2.75) is 13.3 Å². The van der Waals surface area contributed by atoms with Crippen LogP contribution in [-0.2, 0) is 9.53 Å². The summed E-state index contributed by atoms with van der Waals surface area (Å²) < 4.78 is 4.57. The Bertz CT molecular complexity index is 502. The van der Waals surface area contributed by atoms with Gasteiger partial charge >= 0.3 is 5.97 Å². The van der Waals surface area contributed by atoms with Crippen LogP contribution in [0.2, 0.25) is 0 Å². The fraction of sp³-hybridized carbons (Fsp3) is 0.308. The number of ether oxygens (including phenoxy) is 1. The standard InChI is InChI=1S/C13H13NO3S/c1-10(15)18-9-4-3-6-11-7-5-8-12(14-11)13(16)17-2/h5,7-8H,4,9H2,1-2H3. The molecule has 1 heterocycles. The number of methoxy groups -OCH3 is 1. The molecule has 0 atom stereocenters. The van der Waals surface area contributed by atoms with E-state index >= 15 is 0 Å². The highest BCUT2D eigenvalue weighted by molar-refractivity contribution is 8.13. The maximum absolute atomic E-state index is 11.2. The lowest BCUT2D eigenvalue weighted by atomic mass is 10.3. The summed E-state index contributed by atoms with van der Waals surface area (Å²) in [5.41, 5.74) is 0.758. The predicted octanol–water partition coefficient (Wildman–Crippen LogP) is 1.89. The maximum Gasteiger partial charge on any atom is 0.356 e. The van der Waals surface area contributed by atoms with E-state index in [1.165, 1.54) is 25.8 Å². The molecule has 0 aliphatic rings. The third-order valence-corrected chi connectivity index (χ3v) is 2.71. The summed E-state index contributed by atoms with van der Waals surface area (Å²) in [5, 5.41) is 0.0858. The number of rotatable bonds is 3. The zero-order valence-electron chi connectivity index (χ0n) is 10.2. The number of nitrogens with zero attached hydrogens (tertiary/aromatic N) is 1. The Labute approximate surface area is 110 Å². The Morgan fingerprint density at radius 2 is 2.22 bits per heavy atom. The van der Waals surface area contributed by atoms with Crippen LogP contribution in [-0.4, -0.2) is 28.9 Å². The van der Waals surface area contributed by atoms with E-state index in [0.29, 0.717) is 17.9 Å². The zero-order valence-corrected chi connectivity index (χ0v) is 11.0. The van der Waals surface area contributed by atoms with Gasteiger partial charge in [0.05, 0.1) is 7.11 Å². The Hall–Kier alpha value is -1.80. The molecule has 94 valence electrons. The first-order valence-corrected chi connectivity index (χ1v) is 6.29. The van der Waals surface area contributed by atoms with Crippen molar-refractivity contribution in [3.05, 3.63) is 29.6 Å². The number of hydrogen-bond donors (Lipinski definition) is 0. The Morgan fingerprint density at radius 1 is 1.44 bits per heavy atom. The van der Waals surface area contributed by atoms with Gasteiger partial charge in [0, 0.05) is 19.1 Å². The highest BCUT2D eigenvalue weighted by Crippen LogP contribution is 2.03. The van der Waals surface area contributed by atoms with Crippen molar-refractivity contribution in [2.24, 2.45) is 0 Å². The van der Waals surface area contributed by atoms with Crippen LogP contribution < -0.4 is 0 Å². The van der Waals surface area contributed by atoms with Crippen LogP contribution in [0.15, 0.2) is 18.2 Å². The highest BCUT2D eigenvalue weighted by Gasteiger charge is 2.05. The van der Waals surface area contributed by atoms with Crippen molar-refractivity contribution >= 4 is 22.8 Å². The minimum Gasteiger partial charge on any atom is -0.464 e. The van der Waals surface area contributed by atoms with Crippen LogP contribution in [0.1, 0.15) is 29.5 Å².